The first-order valence-electron chi connectivity index (χ1n) is 9.40. The second-order valence-corrected chi connectivity index (χ2v) is 7.52. The minimum Gasteiger partial charge on any atom is -0.494 e. The molecule has 0 radical (unpaired) electrons. The number of hydrogen-bond donors (Lipinski definition) is 2. The Hall–Kier alpha value is -2.00. The maximum Gasteiger partial charge on any atom is 0.436 e. The van der Waals surface area contributed by atoms with Gasteiger partial charge in [0.25, 0.3) is 0 Å². The summed E-state index contributed by atoms with van der Waals surface area (Å²) in [5.74, 6) is 0.848. The molecule has 0 unspecified atom stereocenters. The summed E-state index contributed by atoms with van der Waals surface area (Å²) >= 11 is 11.2. The fourth-order valence-electron chi connectivity index (χ4n) is 2.96. The molecule has 1 heterocycles. The van der Waals surface area contributed by atoms with Crippen molar-refractivity contribution >= 4 is 34.6 Å². The molecule has 3 rings (SSSR count). The molecular weight excluding hydrogens is 425 g/mol. The maximum atomic E-state index is 13.1. The SMILES string of the molecule is CCOc1ccc(NC(=S)NCCCn2nc(C(F)(F)F)c(Cl)c2C2CC2)cc1. The Morgan fingerprint density at radius 2 is 2.00 bits per heavy atom. The number of ether oxygens (including phenoxy) is 1. The fourth-order valence-corrected chi connectivity index (χ4v) is 3.58. The number of aryl methyl sites for hydroxylation is 1. The van der Waals surface area contributed by atoms with Gasteiger partial charge in [-0.25, -0.2) is 0 Å². The van der Waals surface area contributed by atoms with Crippen molar-refractivity contribution in [1.82, 2.24) is 15.1 Å². The normalized spacial score (nSPS) is 14.0. The van der Waals surface area contributed by atoms with Gasteiger partial charge in [-0.1, -0.05) is 11.6 Å². The van der Waals surface area contributed by atoms with Gasteiger partial charge in [0.2, 0.25) is 0 Å². The highest BCUT2D eigenvalue weighted by Gasteiger charge is 2.41. The molecule has 0 aliphatic heterocycles. The molecule has 0 amide bonds. The van der Waals surface area contributed by atoms with Gasteiger partial charge in [0, 0.05) is 24.7 Å². The predicted octanol–water partition coefficient (Wildman–Crippen LogP) is 5.21. The standard InChI is InChI=1S/C19H22ClF3N4OS/c1-2-28-14-8-6-13(7-9-14)25-18(29)24-10-3-11-27-16(12-4-5-12)15(20)17(26-27)19(21,22)23/h6-9,12H,2-5,10-11H2,1H3,(H2,24,25,29). The van der Waals surface area contributed by atoms with Gasteiger partial charge >= 0.3 is 6.18 Å². The van der Waals surface area contributed by atoms with Crippen molar-refractivity contribution in [3.63, 3.8) is 0 Å². The Morgan fingerprint density at radius 1 is 1.31 bits per heavy atom. The van der Waals surface area contributed by atoms with Crippen molar-refractivity contribution in [2.45, 2.75) is 44.8 Å². The van der Waals surface area contributed by atoms with Crippen molar-refractivity contribution in [2.24, 2.45) is 0 Å². The van der Waals surface area contributed by atoms with Gasteiger partial charge in [0.05, 0.1) is 17.3 Å². The molecule has 2 N–H and O–H groups in total. The summed E-state index contributed by atoms with van der Waals surface area (Å²) < 4.78 is 46.0. The first-order chi connectivity index (χ1) is 13.8. The number of nitrogens with zero attached hydrogens (tertiary/aromatic N) is 2. The van der Waals surface area contributed by atoms with Crippen molar-refractivity contribution in [2.75, 3.05) is 18.5 Å². The third kappa shape index (κ3) is 5.76. The molecule has 1 aliphatic rings. The lowest BCUT2D eigenvalue weighted by Gasteiger charge is -2.12. The van der Waals surface area contributed by atoms with Crippen LogP contribution < -0.4 is 15.4 Å². The number of halogens is 4. The smallest absolute Gasteiger partial charge is 0.436 e. The third-order valence-electron chi connectivity index (χ3n) is 4.42. The summed E-state index contributed by atoms with van der Waals surface area (Å²) in [7, 11) is 0. The topological polar surface area (TPSA) is 51.1 Å². The van der Waals surface area contributed by atoms with Crippen LogP contribution in [0, 0.1) is 0 Å². The van der Waals surface area contributed by atoms with E-state index < -0.39 is 11.9 Å². The van der Waals surface area contributed by atoms with E-state index in [1.807, 2.05) is 31.2 Å². The molecule has 0 atom stereocenters. The van der Waals surface area contributed by atoms with E-state index in [1.54, 1.807) is 0 Å². The van der Waals surface area contributed by atoms with Crippen molar-refractivity contribution < 1.29 is 17.9 Å². The number of thiocarbonyl (C=S) groups is 1. The Morgan fingerprint density at radius 3 is 2.59 bits per heavy atom. The largest absolute Gasteiger partial charge is 0.494 e. The summed E-state index contributed by atoms with van der Waals surface area (Å²) in [4.78, 5) is 0. The molecule has 158 valence electrons. The number of anilines is 1. The van der Waals surface area contributed by atoms with E-state index in [9.17, 15) is 13.2 Å². The molecule has 1 aliphatic carbocycles. The van der Waals surface area contributed by atoms with Crippen LogP contribution in [0.2, 0.25) is 5.02 Å². The van der Waals surface area contributed by atoms with E-state index in [0.29, 0.717) is 36.9 Å². The molecule has 0 bridgehead atoms. The average molecular weight is 447 g/mol. The summed E-state index contributed by atoms with van der Waals surface area (Å²) in [5, 5.41) is 10.00. The van der Waals surface area contributed by atoms with E-state index in [2.05, 4.69) is 15.7 Å². The fraction of sp³-hybridized carbons (Fsp3) is 0.474. The van der Waals surface area contributed by atoms with Gasteiger partial charge in [0.1, 0.15) is 5.75 Å². The number of alkyl halides is 3. The summed E-state index contributed by atoms with van der Waals surface area (Å²) in [5.41, 5.74) is 0.312. The number of aromatic nitrogens is 2. The quantitative estimate of drug-likeness (QED) is 0.430. The van der Waals surface area contributed by atoms with E-state index in [1.165, 1.54) is 4.68 Å². The molecule has 1 saturated carbocycles. The van der Waals surface area contributed by atoms with Crippen LogP contribution in [0.1, 0.15) is 43.5 Å². The van der Waals surface area contributed by atoms with Crippen LogP contribution in [0.5, 0.6) is 5.75 Å². The molecule has 0 saturated heterocycles. The van der Waals surface area contributed by atoms with Gasteiger partial charge in [-0.05, 0) is 62.7 Å². The van der Waals surface area contributed by atoms with E-state index >= 15 is 0 Å². The minimum absolute atomic E-state index is 0.0708. The highest BCUT2D eigenvalue weighted by atomic mass is 35.5. The molecule has 0 spiro atoms. The van der Waals surface area contributed by atoms with E-state index in [4.69, 9.17) is 28.6 Å². The van der Waals surface area contributed by atoms with E-state index in [-0.39, 0.29) is 10.9 Å². The molecule has 1 fully saturated rings. The molecule has 1 aromatic heterocycles. The molecule has 2 aromatic rings. The highest BCUT2D eigenvalue weighted by molar-refractivity contribution is 7.80. The van der Waals surface area contributed by atoms with Crippen LogP contribution in [-0.2, 0) is 12.7 Å². The summed E-state index contributed by atoms with van der Waals surface area (Å²) in [6, 6.07) is 7.39. The predicted molar refractivity (Wildman–Crippen MR) is 111 cm³/mol. The van der Waals surface area contributed by atoms with Gasteiger partial charge in [-0.2, -0.15) is 18.3 Å². The lowest BCUT2D eigenvalue weighted by molar-refractivity contribution is -0.141. The first-order valence-corrected chi connectivity index (χ1v) is 10.2. The molecular formula is C19H22ClF3N4OS. The zero-order chi connectivity index (χ0) is 21.0. The molecule has 10 heteroatoms. The number of nitrogens with one attached hydrogen (secondary N) is 2. The van der Waals surface area contributed by atoms with Crippen LogP contribution >= 0.6 is 23.8 Å². The Balaban J connectivity index is 1.49. The number of rotatable bonds is 8. The zero-order valence-corrected chi connectivity index (χ0v) is 17.4. The monoisotopic (exact) mass is 446 g/mol. The third-order valence-corrected chi connectivity index (χ3v) is 5.04. The Kier molecular flexibility index (Phi) is 6.89. The van der Waals surface area contributed by atoms with Gasteiger partial charge in [-0.3, -0.25) is 4.68 Å². The van der Waals surface area contributed by atoms with Crippen molar-refractivity contribution in [3.05, 3.63) is 40.7 Å². The van der Waals surface area contributed by atoms with Crippen molar-refractivity contribution in [3.8, 4) is 5.75 Å². The summed E-state index contributed by atoms with van der Waals surface area (Å²) in [6.07, 6.45) is -2.30. The van der Waals surface area contributed by atoms with Gasteiger partial charge < -0.3 is 15.4 Å². The second kappa shape index (κ2) is 9.21. The maximum absolute atomic E-state index is 13.1. The lowest BCUT2D eigenvalue weighted by atomic mass is 10.2. The van der Waals surface area contributed by atoms with Crippen molar-refractivity contribution in [1.29, 1.82) is 0 Å². The van der Waals surface area contributed by atoms with Crippen LogP contribution in [0.15, 0.2) is 24.3 Å². The van der Waals surface area contributed by atoms with Gasteiger partial charge in [-0.15, -0.1) is 0 Å². The molecule has 29 heavy (non-hydrogen) atoms. The number of hydrogen-bond acceptors (Lipinski definition) is 3. The minimum atomic E-state index is -4.55. The first kappa shape index (κ1) is 21.7. The van der Waals surface area contributed by atoms with Gasteiger partial charge in [0.15, 0.2) is 10.8 Å². The second-order valence-electron chi connectivity index (χ2n) is 6.73. The molecule has 5 nitrogen and oxygen atoms in total. The highest BCUT2D eigenvalue weighted by Crippen LogP contribution is 2.46. The molecule has 1 aromatic carbocycles. The summed E-state index contributed by atoms with van der Waals surface area (Å²) in [6.45, 7) is 3.34. The Bertz CT molecular complexity index is 850. The average Bonchev–Trinajstić information content (AvgIpc) is 3.43. The Labute approximate surface area is 177 Å². The van der Waals surface area contributed by atoms with Crippen LogP contribution in [-0.4, -0.2) is 28.0 Å². The lowest BCUT2D eigenvalue weighted by Crippen LogP contribution is -2.29. The van der Waals surface area contributed by atoms with Crippen LogP contribution in [0.25, 0.3) is 0 Å². The number of benzene rings is 1. The van der Waals surface area contributed by atoms with Crippen LogP contribution in [0.3, 0.4) is 0 Å². The van der Waals surface area contributed by atoms with Crippen LogP contribution in [0.4, 0.5) is 18.9 Å². The van der Waals surface area contributed by atoms with E-state index in [0.717, 1.165) is 24.3 Å². The zero-order valence-electron chi connectivity index (χ0n) is 15.9.